The number of rotatable bonds is 2. The first-order valence-electron chi connectivity index (χ1n) is 5.99. The van der Waals surface area contributed by atoms with Crippen LogP contribution in [0.2, 0.25) is 0 Å². The lowest BCUT2D eigenvalue weighted by atomic mass is 10.1. The van der Waals surface area contributed by atoms with E-state index in [1.165, 1.54) is 4.90 Å². The molecule has 1 amide bonds. The molecule has 0 bridgehead atoms. The van der Waals surface area contributed by atoms with Crippen LogP contribution in [-0.4, -0.2) is 63.3 Å². The minimum Gasteiger partial charge on any atom is -0.480 e. The van der Waals surface area contributed by atoms with Crippen LogP contribution in [0.15, 0.2) is 0 Å². The van der Waals surface area contributed by atoms with Crippen molar-refractivity contribution in [2.24, 2.45) is 0 Å². The van der Waals surface area contributed by atoms with E-state index in [9.17, 15) is 9.59 Å². The van der Waals surface area contributed by atoms with Crippen LogP contribution in [0.5, 0.6) is 0 Å². The molecule has 0 aromatic carbocycles. The van der Waals surface area contributed by atoms with Gasteiger partial charge in [0.2, 0.25) is 0 Å². The molecule has 0 aliphatic carbocycles. The molecule has 17 heavy (non-hydrogen) atoms. The highest BCUT2D eigenvalue weighted by molar-refractivity contribution is 5.74. The third kappa shape index (κ3) is 2.22. The maximum Gasteiger partial charge on any atom is 0.407 e. The van der Waals surface area contributed by atoms with Gasteiger partial charge in [-0.1, -0.05) is 0 Å². The number of carbonyl (C=O) groups is 2. The van der Waals surface area contributed by atoms with Crippen LogP contribution >= 0.6 is 0 Å². The van der Waals surface area contributed by atoms with E-state index in [2.05, 4.69) is 0 Å². The maximum absolute atomic E-state index is 11.1. The van der Waals surface area contributed by atoms with E-state index in [1.54, 1.807) is 0 Å². The van der Waals surface area contributed by atoms with Gasteiger partial charge >= 0.3 is 12.1 Å². The molecule has 2 saturated heterocycles. The SMILES string of the molecule is [14CH3][C@@H]1CC(N2CCC[C@H]2C(=O)O)CN1C(=O)O. The van der Waals surface area contributed by atoms with Gasteiger partial charge in [0.25, 0.3) is 0 Å². The van der Waals surface area contributed by atoms with Gasteiger partial charge in [0.05, 0.1) is 0 Å². The van der Waals surface area contributed by atoms with Gasteiger partial charge in [-0.15, -0.1) is 0 Å². The fourth-order valence-corrected chi connectivity index (χ4v) is 3.00. The number of aliphatic carboxylic acids is 1. The Morgan fingerprint density at radius 2 is 2.00 bits per heavy atom. The number of hydrogen-bond acceptors (Lipinski definition) is 3. The van der Waals surface area contributed by atoms with Gasteiger partial charge in [-0.2, -0.15) is 0 Å². The number of nitrogens with zero attached hydrogens (tertiary/aromatic N) is 2. The normalized spacial score (nSPS) is 34.2. The number of hydrogen-bond donors (Lipinski definition) is 2. The topological polar surface area (TPSA) is 81.1 Å². The summed E-state index contributed by atoms with van der Waals surface area (Å²) in [6, 6.07) is -0.391. The summed E-state index contributed by atoms with van der Waals surface area (Å²) in [5.74, 6) is -0.788. The van der Waals surface area contributed by atoms with E-state index in [-0.39, 0.29) is 12.1 Å². The molecule has 0 radical (unpaired) electrons. The van der Waals surface area contributed by atoms with Crippen molar-refractivity contribution in [2.75, 3.05) is 13.1 Å². The third-order valence-electron chi connectivity index (χ3n) is 3.85. The highest BCUT2D eigenvalue weighted by Gasteiger charge is 2.41. The second-order valence-corrected chi connectivity index (χ2v) is 4.91. The van der Waals surface area contributed by atoms with Crippen molar-refractivity contribution in [2.45, 2.75) is 44.3 Å². The first-order chi connectivity index (χ1) is 8.00. The summed E-state index contributed by atoms with van der Waals surface area (Å²) in [7, 11) is 0. The zero-order valence-electron chi connectivity index (χ0n) is 9.87. The molecular formula is C11H18N2O4. The van der Waals surface area contributed by atoms with Crippen LogP contribution in [0.25, 0.3) is 0 Å². The van der Waals surface area contributed by atoms with Crippen LogP contribution < -0.4 is 0 Å². The third-order valence-corrected chi connectivity index (χ3v) is 3.85. The Morgan fingerprint density at radius 3 is 2.53 bits per heavy atom. The van der Waals surface area contributed by atoms with Gasteiger partial charge in [0, 0.05) is 18.6 Å². The van der Waals surface area contributed by atoms with Gasteiger partial charge in [0.1, 0.15) is 6.04 Å². The summed E-state index contributed by atoms with van der Waals surface area (Å²) in [5, 5.41) is 18.1. The molecule has 0 aromatic heterocycles. The molecule has 2 rings (SSSR count). The Morgan fingerprint density at radius 1 is 1.29 bits per heavy atom. The zero-order chi connectivity index (χ0) is 12.6. The Labute approximate surface area is 99.8 Å². The lowest BCUT2D eigenvalue weighted by molar-refractivity contribution is -0.142. The Balaban J connectivity index is 2.04. The number of amides is 1. The molecule has 2 aliphatic rings. The first-order valence-corrected chi connectivity index (χ1v) is 5.99. The van der Waals surface area contributed by atoms with E-state index in [1.807, 2.05) is 11.8 Å². The van der Waals surface area contributed by atoms with Gasteiger partial charge in [0.15, 0.2) is 0 Å². The Bertz CT molecular complexity index is 333. The first kappa shape index (κ1) is 12.2. The van der Waals surface area contributed by atoms with E-state index < -0.39 is 18.1 Å². The van der Waals surface area contributed by atoms with Crippen LogP contribution in [-0.2, 0) is 4.79 Å². The molecule has 2 aliphatic heterocycles. The molecule has 1 unspecified atom stereocenters. The number of carboxylic acids is 1. The standard InChI is InChI=1S/C11H18N2O4/c1-7-5-8(6-13(7)11(16)17)12-4-2-3-9(12)10(14)15/h7-9H,2-6H2,1H3,(H,14,15)(H,16,17)/t7-,8?,9+/m1/s1/i1+2. The van der Waals surface area contributed by atoms with Crippen molar-refractivity contribution in [1.82, 2.24) is 9.80 Å². The lowest BCUT2D eigenvalue weighted by Crippen LogP contribution is -2.44. The molecule has 96 valence electrons. The van der Waals surface area contributed by atoms with Crippen LogP contribution in [0.4, 0.5) is 4.79 Å². The van der Waals surface area contributed by atoms with Crippen molar-refractivity contribution in [3.63, 3.8) is 0 Å². The molecular weight excluding hydrogens is 226 g/mol. The van der Waals surface area contributed by atoms with E-state index in [0.717, 1.165) is 19.4 Å². The van der Waals surface area contributed by atoms with Crippen molar-refractivity contribution >= 4 is 12.1 Å². The van der Waals surface area contributed by atoms with Gasteiger partial charge in [-0.3, -0.25) is 9.69 Å². The molecule has 6 nitrogen and oxygen atoms in total. The van der Waals surface area contributed by atoms with E-state index >= 15 is 0 Å². The van der Waals surface area contributed by atoms with Gasteiger partial charge in [-0.25, -0.2) is 4.79 Å². The summed E-state index contributed by atoms with van der Waals surface area (Å²) in [6.45, 7) is 3.07. The van der Waals surface area contributed by atoms with Crippen LogP contribution in [0, 0.1) is 0 Å². The van der Waals surface area contributed by atoms with Gasteiger partial charge < -0.3 is 15.1 Å². The highest BCUT2D eigenvalue weighted by Crippen LogP contribution is 2.28. The average Bonchev–Trinajstić information content (AvgIpc) is 2.82. The van der Waals surface area contributed by atoms with Crippen molar-refractivity contribution in [3.05, 3.63) is 0 Å². The molecule has 2 heterocycles. The summed E-state index contributed by atoms with van der Waals surface area (Å²) in [5.41, 5.74) is 0. The average molecular weight is 244 g/mol. The Kier molecular flexibility index (Phi) is 3.24. The summed E-state index contributed by atoms with van der Waals surface area (Å²) in [4.78, 5) is 25.4. The van der Waals surface area contributed by atoms with Crippen molar-refractivity contribution in [1.29, 1.82) is 0 Å². The molecule has 6 heteroatoms. The second-order valence-electron chi connectivity index (χ2n) is 4.91. The minimum atomic E-state index is -0.911. The fourth-order valence-electron chi connectivity index (χ4n) is 3.00. The monoisotopic (exact) mass is 244 g/mol. The maximum atomic E-state index is 11.1. The highest BCUT2D eigenvalue weighted by atomic mass is 16.4. The zero-order valence-corrected chi connectivity index (χ0v) is 9.87. The van der Waals surface area contributed by atoms with Crippen molar-refractivity contribution in [3.8, 4) is 0 Å². The quantitative estimate of drug-likeness (QED) is 0.746. The van der Waals surface area contributed by atoms with Crippen LogP contribution in [0.1, 0.15) is 26.2 Å². The molecule has 2 fully saturated rings. The largest absolute Gasteiger partial charge is 0.480 e. The fraction of sp³-hybridized carbons (Fsp3) is 0.818. The number of carboxylic acid groups (broad SMARTS) is 2. The lowest BCUT2D eigenvalue weighted by Gasteiger charge is -2.27. The molecule has 0 aromatic rings. The van der Waals surface area contributed by atoms with Crippen LogP contribution in [0.3, 0.4) is 0 Å². The smallest absolute Gasteiger partial charge is 0.407 e. The Hall–Kier alpha value is -1.30. The van der Waals surface area contributed by atoms with E-state index in [0.29, 0.717) is 13.0 Å². The van der Waals surface area contributed by atoms with Crippen molar-refractivity contribution < 1.29 is 19.8 Å². The summed E-state index contributed by atoms with van der Waals surface area (Å²) >= 11 is 0. The second kappa shape index (κ2) is 4.52. The minimum absolute atomic E-state index is 0.0208. The van der Waals surface area contributed by atoms with Gasteiger partial charge in [-0.05, 0) is 32.7 Å². The predicted octanol–water partition coefficient (Wildman–Crippen LogP) is 0.676. The molecule has 3 atom stereocenters. The summed E-state index contributed by atoms with van der Waals surface area (Å²) in [6.07, 6.45) is 1.38. The summed E-state index contributed by atoms with van der Waals surface area (Å²) < 4.78 is 0. The molecule has 2 N–H and O–H groups in total. The van der Waals surface area contributed by atoms with E-state index in [4.69, 9.17) is 10.2 Å². The molecule has 0 spiro atoms. The predicted molar refractivity (Wildman–Crippen MR) is 60.0 cm³/mol. The molecule has 0 saturated carbocycles. The number of likely N-dealkylation sites (tertiary alicyclic amines) is 2.